The van der Waals surface area contributed by atoms with Crippen molar-refractivity contribution in [2.24, 2.45) is 5.73 Å². The van der Waals surface area contributed by atoms with Crippen LogP contribution in [0.15, 0.2) is 18.2 Å². The minimum atomic E-state index is -0.988. The van der Waals surface area contributed by atoms with E-state index in [2.05, 4.69) is 0 Å². The predicted molar refractivity (Wildman–Crippen MR) is 55.1 cm³/mol. The Balaban J connectivity index is 2.89. The topological polar surface area (TPSA) is 102 Å². The first-order valence-corrected chi connectivity index (χ1v) is 4.36. The summed E-state index contributed by atoms with van der Waals surface area (Å²) < 4.78 is 18.2. The minimum Gasteiger partial charge on any atom is -0.483 e. The lowest BCUT2D eigenvalue weighted by Gasteiger charge is -2.12. The van der Waals surface area contributed by atoms with Crippen molar-refractivity contribution < 1.29 is 14.1 Å². The summed E-state index contributed by atoms with van der Waals surface area (Å²) in [6.07, 6.45) is -0.708. The molecule has 16 heavy (non-hydrogen) atoms. The Morgan fingerprint density at radius 1 is 1.69 bits per heavy atom. The number of halogens is 1. The van der Waals surface area contributed by atoms with Crippen LogP contribution in [0.1, 0.15) is 6.92 Å². The summed E-state index contributed by atoms with van der Waals surface area (Å²) in [5, 5.41) is 17.4. The second-order valence-electron chi connectivity index (χ2n) is 3.09. The minimum absolute atomic E-state index is 0.0887. The fourth-order valence-corrected chi connectivity index (χ4v) is 0.977. The number of rotatable bonds is 4. The molecule has 0 bridgehead atoms. The van der Waals surface area contributed by atoms with E-state index in [0.717, 1.165) is 12.1 Å². The summed E-state index contributed by atoms with van der Waals surface area (Å²) in [6, 6.07) is 3.13. The van der Waals surface area contributed by atoms with Gasteiger partial charge in [-0.25, -0.2) is 0 Å². The third-order valence-corrected chi connectivity index (χ3v) is 1.87. The van der Waals surface area contributed by atoms with Gasteiger partial charge in [-0.05, 0) is 13.0 Å². The number of nitro benzene ring substituents is 1. The van der Waals surface area contributed by atoms with Gasteiger partial charge in [0.15, 0.2) is 6.10 Å². The average Bonchev–Trinajstić information content (AvgIpc) is 2.16. The quantitative estimate of drug-likeness (QED) is 0.351. The SMILES string of the molecule is CC(Oc1ccc([N+](=O)[O-])c(F)c1)C(=N)N. The second kappa shape index (κ2) is 4.56. The van der Waals surface area contributed by atoms with Gasteiger partial charge in [0.25, 0.3) is 0 Å². The number of nitro groups is 1. The van der Waals surface area contributed by atoms with Crippen LogP contribution in [-0.2, 0) is 0 Å². The monoisotopic (exact) mass is 227 g/mol. The maximum absolute atomic E-state index is 13.1. The molecule has 0 heterocycles. The molecular weight excluding hydrogens is 217 g/mol. The van der Waals surface area contributed by atoms with Gasteiger partial charge in [0, 0.05) is 12.1 Å². The number of amidine groups is 1. The molecule has 3 N–H and O–H groups in total. The predicted octanol–water partition coefficient (Wildman–Crippen LogP) is 1.44. The van der Waals surface area contributed by atoms with E-state index in [-0.39, 0.29) is 11.6 Å². The molecule has 6 nitrogen and oxygen atoms in total. The van der Waals surface area contributed by atoms with Gasteiger partial charge in [0.05, 0.1) is 4.92 Å². The van der Waals surface area contributed by atoms with Gasteiger partial charge in [-0.15, -0.1) is 0 Å². The van der Waals surface area contributed by atoms with E-state index in [1.165, 1.54) is 13.0 Å². The van der Waals surface area contributed by atoms with Crippen LogP contribution in [-0.4, -0.2) is 16.9 Å². The van der Waals surface area contributed by atoms with Crippen LogP contribution in [0.25, 0.3) is 0 Å². The largest absolute Gasteiger partial charge is 0.483 e. The number of nitrogens with one attached hydrogen (secondary N) is 1. The zero-order valence-electron chi connectivity index (χ0n) is 8.44. The molecule has 7 heteroatoms. The van der Waals surface area contributed by atoms with Gasteiger partial charge >= 0.3 is 5.69 Å². The van der Waals surface area contributed by atoms with Gasteiger partial charge in [0.1, 0.15) is 11.6 Å². The Labute approximate surface area is 90.5 Å². The summed E-state index contributed by atoms with van der Waals surface area (Å²) in [5.74, 6) is -1.11. The van der Waals surface area contributed by atoms with Crippen molar-refractivity contribution in [3.05, 3.63) is 34.1 Å². The van der Waals surface area contributed by atoms with Crippen molar-refractivity contribution in [3.63, 3.8) is 0 Å². The number of hydrogen-bond acceptors (Lipinski definition) is 4. The standard InChI is InChI=1S/C9H10FN3O3/c1-5(9(11)12)16-6-2-3-8(13(14)15)7(10)4-6/h2-5H,1H3,(H3,11,12). The molecular formula is C9H10FN3O3. The van der Waals surface area contributed by atoms with Crippen LogP contribution in [0, 0.1) is 21.3 Å². The highest BCUT2D eigenvalue weighted by Gasteiger charge is 2.15. The van der Waals surface area contributed by atoms with E-state index < -0.39 is 22.5 Å². The van der Waals surface area contributed by atoms with Gasteiger partial charge in [-0.3, -0.25) is 15.5 Å². The summed E-state index contributed by atoms with van der Waals surface area (Å²) >= 11 is 0. The summed E-state index contributed by atoms with van der Waals surface area (Å²) in [5.41, 5.74) is 4.53. The maximum Gasteiger partial charge on any atom is 0.305 e. The molecule has 1 unspecified atom stereocenters. The fraction of sp³-hybridized carbons (Fsp3) is 0.222. The number of ether oxygens (including phenoxy) is 1. The first kappa shape index (κ1) is 11.9. The van der Waals surface area contributed by atoms with Crippen LogP contribution in [0.5, 0.6) is 5.75 Å². The zero-order valence-corrected chi connectivity index (χ0v) is 8.44. The van der Waals surface area contributed by atoms with E-state index in [4.69, 9.17) is 15.9 Å². The van der Waals surface area contributed by atoms with Gasteiger partial charge in [-0.1, -0.05) is 0 Å². The molecule has 0 saturated heterocycles. The number of benzene rings is 1. The number of nitrogens with zero attached hydrogens (tertiary/aromatic N) is 1. The van der Waals surface area contributed by atoms with Crippen molar-refractivity contribution in [3.8, 4) is 5.75 Å². The second-order valence-corrected chi connectivity index (χ2v) is 3.09. The lowest BCUT2D eigenvalue weighted by molar-refractivity contribution is -0.387. The molecule has 0 aliphatic carbocycles. The highest BCUT2D eigenvalue weighted by atomic mass is 19.1. The Kier molecular flexibility index (Phi) is 3.39. The van der Waals surface area contributed by atoms with Gasteiger partial charge < -0.3 is 10.5 Å². The Morgan fingerprint density at radius 3 is 2.75 bits per heavy atom. The maximum atomic E-state index is 13.1. The third kappa shape index (κ3) is 2.66. The molecule has 1 aromatic carbocycles. The summed E-state index contributed by atoms with van der Waals surface area (Å²) in [4.78, 5) is 9.51. The highest BCUT2D eigenvalue weighted by molar-refractivity contribution is 5.81. The lowest BCUT2D eigenvalue weighted by atomic mass is 10.3. The first-order chi connectivity index (χ1) is 7.41. The van der Waals surface area contributed by atoms with Crippen LogP contribution in [0.3, 0.4) is 0 Å². The molecule has 0 saturated carbocycles. The van der Waals surface area contributed by atoms with Crippen molar-refractivity contribution in [1.29, 1.82) is 5.41 Å². The highest BCUT2D eigenvalue weighted by Crippen LogP contribution is 2.22. The van der Waals surface area contributed by atoms with E-state index >= 15 is 0 Å². The molecule has 1 aromatic rings. The normalized spacial score (nSPS) is 11.9. The lowest BCUT2D eigenvalue weighted by Crippen LogP contribution is -2.30. The molecule has 1 rings (SSSR count). The Morgan fingerprint density at radius 2 is 2.31 bits per heavy atom. The summed E-state index contributed by atoms with van der Waals surface area (Å²) in [6.45, 7) is 1.52. The summed E-state index contributed by atoms with van der Waals surface area (Å²) in [7, 11) is 0. The first-order valence-electron chi connectivity index (χ1n) is 4.36. The van der Waals surface area contributed by atoms with Gasteiger partial charge in [0.2, 0.25) is 5.82 Å². The molecule has 0 radical (unpaired) electrons. The zero-order chi connectivity index (χ0) is 12.3. The van der Waals surface area contributed by atoms with E-state index in [9.17, 15) is 14.5 Å². The number of hydrogen-bond donors (Lipinski definition) is 2. The Bertz CT molecular complexity index is 436. The van der Waals surface area contributed by atoms with Crippen LogP contribution in [0.2, 0.25) is 0 Å². The molecule has 0 aromatic heterocycles. The van der Waals surface area contributed by atoms with Crippen molar-refractivity contribution in [1.82, 2.24) is 0 Å². The van der Waals surface area contributed by atoms with E-state index in [1.807, 2.05) is 0 Å². The van der Waals surface area contributed by atoms with Crippen LogP contribution in [0.4, 0.5) is 10.1 Å². The smallest absolute Gasteiger partial charge is 0.305 e. The molecule has 0 aliphatic heterocycles. The van der Waals surface area contributed by atoms with Crippen LogP contribution < -0.4 is 10.5 Å². The average molecular weight is 227 g/mol. The molecule has 0 spiro atoms. The van der Waals surface area contributed by atoms with Crippen molar-refractivity contribution in [2.75, 3.05) is 0 Å². The van der Waals surface area contributed by atoms with Gasteiger partial charge in [-0.2, -0.15) is 4.39 Å². The molecule has 0 amide bonds. The van der Waals surface area contributed by atoms with Crippen molar-refractivity contribution in [2.45, 2.75) is 13.0 Å². The van der Waals surface area contributed by atoms with Crippen molar-refractivity contribution >= 4 is 11.5 Å². The molecule has 0 fully saturated rings. The van der Waals surface area contributed by atoms with Crippen LogP contribution >= 0.6 is 0 Å². The molecule has 0 aliphatic rings. The van der Waals surface area contributed by atoms with E-state index in [1.54, 1.807) is 0 Å². The third-order valence-electron chi connectivity index (χ3n) is 1.87. The Hall–Kier alpha value is -2.18. The van der Waals surface area contributed by atoms with E-state index in [0.29, 0.717) is 0 Å². The molecule has 1 atom stereocenters. The molecule has 86 valence electrons. The fourth-order valence-electron chi connectivity index (χ4n) is 0.977. The number of nitrogens with two attached hydrogens (primary N) is 1.